The molecule has 2 aromatic rings. The second-order valence-corrected chi connectivity index (χ2v) is 8.35. The van der Waals surface area contributed by atoms with E-state index in [1.165, 1.54) is 40.0 Å². The van der Waals surface area contributed by atoms with Crippen LogP contribution in [0.4, 0.5) is 0 Å². The number of carbonyl (C=O) groups excluding carboxylic acids is 1. The van der Waals surface area contributed by atoms with Gasteiger partial charge in [-0.1, -0.05) is 35.4 Å². The van der Waals surface area contributed by atoms with E-state index in [0.717, 1.165) is 18.4 Å². The molecule has 1 aliphatic heterocycles. The molecule has 1 aliphatic rings. The maximum absolute atomic E-state index is 12.7. The van der Waals surface area contributed by atoms with Crippen LogP contribution in [-0.4, -0.2) is 10.9 Å². The lowest BCUT2D eigenvalue weighted by Gasteiger charge is -2.27. The Bertz CT molecular complexity index is 946. The zero-order chi connectivity index (χ0) is 21.1. The number of hydrogen-bond donors (Lipinski definition) is 1. The molecule has 0 spiro atoms. The summed E-state index contributed by atoms with van der Waals surface area (Å²) in [6.45, 7) is 10.6. The van der Waals surface area contributed by atoms with Crippen LogP contribution in [0.5, 0.6) is 11.5 Å². The first-order chi connectivity index (χ1) is 13.7. The summed E-state index contributed by atoms with van der Waals surface area (Å²) in [5.74, 6) is 0.617. The molecule has 3 heteroatoms. The normalized spacial score (nSPS) is 15.3. The molecule has 152 valence electrons. The topological polar surface area (TPSA) is 46.5 Å². The molecule has 1 heterocycles. The van der Waals surface area contributed by atoms with Gasteiger partial charge in [-0.05, 0) is 81.8 Å². The van der Waals surface area contributed by atoms with Gasteiger partial charge in [0.15, 0.2) is 5.78 Å². The van der Waals surface area contributed by atoms with Crippen LogP contribution in [0.2, 0.25) is 0 Å². The third kappa shape index (κ3) is 4.97. The highest BCUT2D eigenvalue weighted by Gasteiger charge is 2.28. The van der Waals surface area contributed by atoms with Crippen molar-refractivity contribution in [3.63, 3.8) is 0 Å². The van der Waals surface area contributed by atoms with Crippen molar-refractivity contribution < 1.29 is 14.6 Å². The summed E-state index contributed by atoms with van der Waals surface area (Å²) in [4.78, 5) is 12.7. The van der Waals surface area contributed by atoms with Gasteiger partial charge in [0, 0.05) is 6.07 Å². The number of aromatic hydroxyl groups is 1. The van der Waals surface area contributed by atoms with Crippen molar-refractivity contribution in [1.29, 1.82) is 0 Å². The summed E-state index contributed by atoms with van der Waals surface area (Å²) in [5.41, 5.74) is 7.96. The molecule has 0 aromatic heterocycles. The van der Waals surface area contributed by atoms with E-state index in [0.29, 0.717) is 17.7 Å². The Morgan fingerprint density at radius 1 is 1.03 bits per heavy atom. The van der Waals surface area contributed by atoms with E-state index < -0.39 is 0 Å². The van der Waals surface area contributed by atoms with Gasteiger partial charge in [0.05, 0.1) is 12.0 Å². The fourth-order valence-corrected chi connectivity index (χ4v) is 3.60. The van der Waals surface area contributed by atoms with Gasteiger partial charge in [-0.2, -0.15) is 0 Å². The summed E-state index contributed by atoms with van der Waals surface area (Å²) in [5, 5.41) is 9.80. The van der Waals surface area contributed by atoms with Gasteiger partial charge in [-0.15, -0.1) is 0 Å². The number of rotatable bonds is 5. The smallest absolute Gasteiger partial charge is 0.170 e. The number of Topliss-reactive ketones (excluding diaryl/α,β-unsaturated/α-hetero) is 1. The highest BCUT2D eigenvalue weighted by Crippen LogP contribution is 2.38. The van der Waals surface area contributed by atoms with Gasteiger partial charge in [-0.3, -0.25) is 4.79 Å². The number of hydrogen-bond acceptors (Lipinski definition) is 3. The van der Waals surface area contributed by atoms with E-state index in [1.807, 2.05) is 0 Å². The summed E-state index contributed by atoms with van der Waals surface area (Å²) < 4.78 is 6.16. The third-order valence-electron chi connectivity index (χ3n) is 5.38. The fraction of sp³-hybridized carbons (Fsp3) is 0.346. The molecule has 3 nitrogen and oxygen atoms in total. The Kier molecular flexibility index (Phi) is 6.26. The summed E-state index contributed by atoms with van der Waals surface area (Å²) in [6.07, 6.45) is 6.16. The first kappa shape index (κ1) is 20.9. The molecule has 1 unspecified atom stereocenters. The van der Waals surface area contributed by atoms with Crippen molar-refractivity contribution in [1.82, 2.24) is 0 Å². The highest BCUT2D eigenvalue weighted by atomic mass is 16.5. The summed E-state index contributed by atoms with van der Waals surface area (Å²) in [7, 11) is 0. The lowest BCUT2D eigenvalue weighted by Crippen LogP contribution is -2.20. The van der Waals surface area contributed by atoms with Gasteiger partial charge < -0.3 is 9.84 Å². The van der Waals surface area contributed by atoms with Crippen LogP contribution >= 0.6 is 0 Å². The quantitative estimate of drug-likeness (QED) is 0.599. The third-order valence-corrected chi connectivity index (χ3v) is 5.38. The van der Waals surface area contributed by atoms with Gasteiger partial charge in [0.2, 0.25) is 0 Å². The Morgan fingerprint density at radius 2 is 1.62 bits per heavy atom. The second-order valence-electron chi connectivity index (χ2n) is 8.35. The average Bonchev–Trinajstić information content (AvgIpc) is 2.65. The summed E-state index contributed by atoms with van der Waals surface area (Å²) in [6, 6.07) is 9.04. The van der Waals surface area contributed by atoms with E-state index in [-0.39, 0.29) is 17.6 Å². The first-order valence-electron chi connectivity index (χ1n) is 10.2. The second kappa shape index (κ2) is 8.69. The molecule has 0 fully saturated rings. The van der Waals surface area contributed by atoms with E-state index in [1.54, 1.807) is 6.07 Å². The van der Waals surface area contributed by atoms with Crippen LogP contribution < -0.4 is 4.74 Å². The van der Waals surface area contributed by atoms with Gasteiger partial charge in [0.25, 0.3) is 0 Å². The number of phenolic OH excluding ortho intramolecular Hbond substituents is 1. The fourth-order valence-electron chi connectivity index (χ4n) is 3.60. The molecule has 0 saturated heterocycles. The maximum atomic E-state index is 12.7. The van der Waals surface area contributed by atoms with Crippen molar-refractivity contribution in [3.8, 4) is 11.5 Å². The molecule has 2 aromatic carbocycles. The van der Waals surface area contributed by atoms with Crippen LogP contribution in [0.3, 0.4) is 0 Å². The molecule has 1 atom stereocenters. The van der Waals surface area contributed by atoms with Crippen molar-refractivity contribution >= 4 is 5.78 Å². The molecule has 1 N–H and O–H groups in total. The van der Waals surface area contributed by atoms with Crippen molar-refractivity contribution in [2.24, 2.45) is 0 Å². The number of carbonyl (C=O) groups is 1. The van der Waals surface area contributed by atoms with E-state index in [9.17, 15) is 9.90 Å². The number of phenols is 1. The first-order valence-corrected chi connectivity index (χ1v) is 10.2. The maximum Gasteiger partial charge on any atom is 0.170 e. The molecule has 0 aliphatic carbocycles. The zero-order valence-electron chi connectivity index (χ0n) is 18.0. The predicted octanol–water partition coefficient (Wildman–Crippen LogP) is 6.42. The van der Waals surface area contributed by atoms with Crippen LogP contribution in [0.1, 0.15) is 72.8 Å². The Balaban J connectivity index is 2.02. The molecular formula is C26H30O3. The monoisotopic (exact) mass is 390 g/mol. The number of ether oxygens (including phenoxy) is 1. The molecule has 0 saturated carbocycles. The average molecular weight is 391 g/mol. The SMILES string of the molecule is CC(C)=CCc1cc(C2CC(=O)c3ccc(O)cc3O2)cc(CC=C(C)C)c1C. The molecule has 0 bridgehead atoms. The number of allylic oxidation sites excluding steroid dienone is 4. The Labute approximate surface area is 173 Å². The highest BCUT2D eigenvalue weighted by molar-refractivity contribution is 6.00. The van der Waals surface area contributed by atoms with Crippen molar-refractivity contribution in [2.75, 3.05) is 0 Å². The number of benzene rings is 2. The standard InChI is InChI=1S/C26H30O3/c1-16(2)6-8-19-12-21(13-20(18(19)5)9-7-17(3)4)25-15-24(28)23-11-10-22(27)14-26(23)29-25/h6-7,10-14,25,27H,8-9,15H2,1-5H3. The minimum Gasteiger partial charge on any atom is -0.508 e. The van der Waals surface area contributed by atoms with E-state index in [2.05, 4.69) is 58.9 Å². The number of ketones is 1. The van der Waals surface area contributed by atoms with Crippen molar-refractivity contribution in [3.05, 3.63) is 81.4 Å². The van der Waals surface area contributed by atoms with Gasteiger partial charge in [0.1, 0.15) is 17.6 Å². The van der Waals surface area contributed by atoms with Crippen molar-refractivity contribution in [2.45, 2.75) is 60.0 Å². The molecule has 0 radical (unpaired) electrons. The van der Waals surface area contributed by atoms with E-state index in [4.69, 9.17) is 4.74 Å². The molecular weight excluding hydrogens is 360 g/mol. The largest absolute Gasteiger partial charge is 0.508 e. The summed E-state index contributed by atoms with van der Waals surface area (Å²) >= 11 is 0. The van der Waals surface area contributed by atoms with E-state index >= 15 is 0 Å². The van der Waals surface area contributed by atoms with Crippen LogP contribution in [-0.2, 0) is 12.8 Å². The lowest BCUT2D eigenvalue weighted by molar-refractivity contribution is 0.0849. The number of fused-ring (bicyclic) bond motifs is 1. The van der Waals surface area contributed by atoms with Crippen LogP contribution in [0.15, 0.2) is 53.6 Å². The van der Waals surface area contributed by atoms with Crippen LogP contribution in [0.25, 0.3) is 0 Å². The minimum absolute atomic E-state index is 0.0496. The molecule has 3 rings (SSSR count). The van der Waals surface area contributed by atoms with Crippen LogP contribution in [0, 0.1) is 6.92 Å². The Morgan fingerprint density at radius 3 is 2.17 bits per heavy atom. The lowest BCUT2D eigenvalue weighted by atomic mass is 9.89. The minimum atomic E-state index is -0.340. The zero-order valence-corrected chi connectivity index (χ0v) is 18.0. The van der Waals surface area contributed by atoms with Gasteiger partial charge in [-0.25, -0.2) is 0 Å². The molecule has 29 heavy (non-hydrogen) atoms. The predicted molar refractivity (Wildman–Crippen MR) is 118 cm³/mol. The Hall–Kier alpha value is -2.81. The van der Waals surface area contributed by atoms with Gasteiger partial charge >= 0.3 is 0 Å². The molecule has 0 amide bonds.